The van der Waals surface area contributed by atoms with Gasteiger partial charge in [-0.3, -0.25) is 4.79 Å². The molecule has 0 saturated carbocycles. The maximum atomic E-state index is 10.2. The molecule has 1 aliphatic heterocycles. The number of amides is 2. The molecule has 1 radical (unpaired) electrons. The summed E-state index contributed by atoms with van der Waals surface area (Å²) < 4.78 is 0. The summed E-state index contributed by atoms with van der Waals surface area (Å²) in [6.45, 7) is 0.363. The molecule has 0 aromatic carbocycles. The van der Waals surface area contributed by atoms with Crippen molar-refractivity contribution in [2.75, 3.05) is 6.54 Å². The predicted octanol–water partition coefficient (Wildman–Crippen LogP) is -1.22. The smallest absolute Gasteiger partial charge is 0.315 e. The molecule has 4 nitrogen and oxygen atoms in total. The van der Waals surface area contributed by atoms with Gasteiger partial charge in [-0.1, -0.05) is 0 Å². The van der Waals surface area contributed by atoms with Crippen LogP contribution in [0.2, 0.25) is 0 Å². The highest BCUT2D eigenvalue weighted by Crippen LogP contribution is 1.83. The lowest BCUT2D eigenvalue weighted by Crippen LogP contribution is -2.27. The van der Waals surface area contributed by atoms with Crippen molar-refractivity contribution in [3.05, 3.63) is 0 Å². The average Bonchev–Trinajstić information content (AvgIpc) is 2.14. The number of nitrogens with one attached hydrogen (secondary N) is 2. The van der Waals surface area contributed by atoms with Crippen LogP contribution in [-0.4, -0.2) is 24.9 Å². The lowest BCUT2D eigenvalue weighted by molar-refractivity contribution is 0.248. The van der Waals surface area contributed by atoms with E-state index in [0.717, 1.165) is 0 Å². The molecule has 0 spiro atoms. The van der Waals surface area contributed by atoms with Crippen LogP contribution in [0, 0.1) is 0 Å². The Morgan fingerprint density at radius 1 is 1.75 bits per heavy atom. The fourth-order valence-corrected chi connectivity index (χ4v) is 0.526. The second-order valence-electron chi connectivity index (χ2n) is 1.52. The molecule has 2 N–H and O–H groups in total. The Labute approximate surface area is 46.3 Å². The van der Waals surface area contributed by atoms with Crippen molar-refractivity contribution in [2.24, 2.45) is 0 Å². The largest absolute Gasteiger partial charge is 0.336 e. The van der Waals surface area contributed by atoms with Gasteiger partial charge in [-0.2, -0.15) is 0 Å². The summed E-state index contributed by atoms with van der Waals surface area (Å²) in [6.07, 6.45) is 1.65. The van der Waals surface area contributed by atoms with Gasteiger partial charge < -0.3 is 10.6 Å². The molecule has 2 amide bonds. The van der Waals surface area contributed by atoms with Crippen LogP contribution in [0.5, 0.6) is 0 Å². The van der Waals surface area contributed by atoms with Crippen molar-refractivity contribution in [2.45, 2.75) is 6.04 Å². The fourth-order valence-electron chi connectivity index (χ4n) is 0.526. The van der Waals surface area contributed by atoms with Crippen molar-refractivity contribution >= 4 is 12.3 Å². The van der Waals surface area contributed by atoms with Crippen molar-refractivity contribution in [1.82, 2.24) is 10.6 Å². The summed E-state index contributed by atoms with van der Waals surface area (Å²) in [5.74, 6) is 0. The molecule has 0 aromatic heterocycles. The third-order valence-corrected chi connectivity index (χ3v) is 0.914. The quantitative estimate of drug-likeness (QED) is 0.447. The Bertz CT molecular complexity index is 123. The van der Waals surface area contributed by atoms with Gasteiger partial charge in [0.1, 0.15) is 6.04 Å². The molecular formula is C4H5N2O2. The van der Waals surface area contributed by atoms with E-state index in [1.807, 2.05) is 0 Å². The first-order valence-electron chi connectivity index (χ1n) is 2.25. The number of hydrogen-bond acceptors (Lipinski definition) is 2. The van der Waals surface area contributed by atoms with E-state index in [4.69, 9.17) is 0 Å². The van der Waals surface area contributed by atoms with Crippen LogP contribution in [0.4, 0.5) is 4.79 Å². The first-order valence-corrected chi connectivity index (χ1v) is 2.25. The number of rotatable bonds is 1. The molecule has 1 fully saturated rings. The standard InChI is InChI=1S/C4H5N2O2/c7-2-3-1-5-4(8)6-3/h3H,1H2,(H2,5,6,8)/t3-/m0/s1. The van der Waals surface area contributed by atoms with E-state index in [0.29, 0.717) is 6.54 Å². The normalized spacial score (nSPS) is 26.5. The minimum Gasteiger partial charge on any atom is -0.336 e. The molecule has 1 aliphatic rings. The Morgan fingerprint density at radius 2 is 2.50 bits per heavy atom. The molecule has 1 saturated heterocycles. The Morgan fingerprint density at radius 3 is 2.75 bits per heavy atom. The first kappa shape index (κ1) is 5.08. The predicted molar refractivity (Wildman–Crippen MR) is 26.0 cm³/mol. The van der Waals surface area contributed by atoms with Gasteiger partial charge >= 0.3 is 6.03 Å². The van der Waals surface area contributed by atoms with E-state index in [9.17, 15) is 9.59 Å². The second-order valence-corrected chi connectivity index (χ2v) is 1.52. The summed E-state index contributed by atoms with van der Waals surface area (Å²) in [6, 6.07) is -0.735. The minimum absolute atomic E-state index is 0.293. The van der Waals surface area contributed by atoms with Gasteiger partial charge in [0.15, 0.2) is 0 Å². The van der Waals surface area contributed by atoms with Crippen molar-refractivity contribution in [3.8, 4) is 0 Å². The molecular weight excluding hydrogens is 108 g/mol. The number of carbonyl (C=O) groups excluding carboxylic acids is 2. The van der Waals surface area contributed by atoms with Crippen molar-refractivity contribution in [3.63, 3.8) is 0 Å². The number of carbonyl (C=O) groups is 1. The van der Waals surface area contributed by atoms with Crippen LogP contribution in [0.1, 0.15) is 0 Å². The van der Waals surface area contributed by atoms with Gasteiger partial charge in [0.05, 0.1) is 0 Å². The van der Waals surface area contributed by atoms with Crippen molar-refractivity contribution < 1.29 is 9.59 Å². The topological polar surface area (TPSA) is 58.2 Å². The second kappa shape index (κ2) is 1.81. The molecule has 0 bridgehead atoms. The summed E-state index contributed by atoms with van der Waals surface area (Å²) in [5.41, 5.74) is 0. The third-order valence-electron chi connectivity index (χ3n) is 0.914. The van der Waals surface area contributed by atoms with Crippen LogP contribution < -0.4 is 10.6 Å². The molecule has 8 heavy (non-hydrogen) atoms. The maximum absolute atomic E-state index is 10.2. The van der Waals surface area contributed by atoms with Crippen LogP contribution in [-0.2, 0) is 4.79 Å². The highest BCUT2D eigenvalue weighted by Gasteiger charge is 2.18. The van der Waals surface area contributed by atoms with E-state index >= 15 is 0 Å². The Hall–Kier alpha value is -1.06. The van der Waals surface area contributed by atoms with Gasteiger partial charge in [-0.25, -0.2) is 4.79 Å². The highest BCUT2D eigenvalue weighted by atomic mass is 16.2. The number of urea groups is 1. The van der Waals surface area contributed by atoms with E-state index in [1.165, 1.54) is 0 Å². The SMILES string of the molecule is O=[C][C@@H]1CNC(=O)N1. The van der Waals surface area contributed by atoms with Gasteiger partial charge in [0, 0.05) is 6.54 Å². The number of hydrogen-bond donors (Lipinski definition) is 2. The lowest BCUT2D eigenvalue weighted by Gasteiger charge is -1.90. The van der Waals surface area contributed by atoms with E-state index < -0.39 is 6.04 Å². The summed E-state index contributed by atoms with van der Waals surface area (Å²) >= 11 is 0. The van der Waals surface area contributed by atoms with Crippen LogP contribution >= 0.6 is 0 Å². The summed E-state index contributed by atoms with van der Waals surface area (Å²) in [7, 11) is 0. The van der Waals surface area contributed by atoms with E-state index in [-0.39, 0.29) is 6.03 Å². The van der Waals surface area contributed by atoms with Gasteiger partial charge in [0.2, 0.25) is 6.29 Å². The zero-order valence-corrected chi connectivity index (χ0v) is 4.10. The fraction of sp³-hybridized carbons (Fsp3) is 0.500. The molecule has 0 unspecified atom stereocenters. The zero-order chi connectivity index (χ0) is 5.98. The molecule has 1 heterocycles. The molecule has 1 atom stereocenters. The minimum atomic E-state index is -0.442. The van der Waals surface area contributed by atoms with Crippen LogP contribution in [0.3, 0.4) is 0 Å². The third kappa shape index (κ3) is 0.776. The highest BCUT2D eigenvalue weighted by molar-refractivity contribution is 5.81. The average molecular weight is 113 g/mol. The maximum Gasteiger partial charge on any atom is 0.315 e. The Kier molecular flexibility index (Phi) is 1.15. The monoisotopic (exact) mass is 113 g/mol. The van der Waals surface area contributed by atoms with Gasteiger partial charge in [-0.15, -0.1) is 0 Å². The molecule has 0 aromatic rings. The molecule has 0 aliphatic carbocycles. The summed E-state index contributed by atoms with van der Waals surface area (Å²) in [4.78, 5) is 20.0. The van der Waals surface area contributed by atoms with Gasteiger partial charge in [-0.05, 0) is 0 Å². The van der Waals surface area contributed by atoms with Crippen molar-refractivity contribution in [1.29, 1.82) is 0 Å². The Balaban J connectivity index is 2.43. The summed E-state index contributed by atoms with van der Waals surface area (Å²) in [5, 5.41) is 4.74. The van der Waals surface area contributed by atoms with E-state index in [2.05, 4.69) is 10.6 Å². The lowest BCUT2D eigenvalue weighted by atomic mass is 10.4. The van der Waals surface area contributed by atoms with Gasteiger partial charge in [0.25, 0.3) is 0 Å². The first-order chi connectivity index (χ1) is 3.83. The molecule has 43 valence electrons. The molecule has 4 heteroatoms. The van der Waals surface area contributed by atoms with E-state index in [1.54, 1.807) is 6.29 Å². The zero-order valence-electron chi connectivity index (χ0n) is 4.10. The molecule has 1 rings (SSSR count). The van der Waals surface area contributed by atoms with Crippen LogP contribution in [0.25, 0.3) is 0 Å². The van der Waals surface area contributed by atoms with Crippen LogP contribution in [0.15, 0.2) is 0 Å².